The van der Waals surface area contributed by atoms with E-state index < -0.39 is 24.1 Å². The van der Waals surface area contributed by atoms with Gasteiger partial charge in [-0.15, -0.1) is 0 Å². The normalized spacial score (nSPS) is 45.0. The molecule has 10 atom stereocenters. The van der Waals surface area contributed by atoms with Gasteiger partial charge < -0.3 is 24.9 Å². The molecule has 0 aromatic carbocycles. The zero-order valence-electron chi connectivity index (χ0n) is 24.8. The Morgan fingerprint density at radius 1 is 1.05 bits per heavy atom. The van der Waals surface area contributed by atoms with Crippen LogP contribution in [0.25, 0.3) is 0 Å². The Labute approximate surface area is 251 Å². The number of carbonyl (C=O) groups is 2. The van der Waals surface area contributed by atoms with Gasteiger partial charge in [0.05, 0.1) is 18.2 Å². The van der Waals surface area contributed by atoms with Gasteiger partial charge in [-0.3, -0.25) is 4.79 Å². The average molecular weight is 539 g/mol. The Balaban J connectivity index is 0.00000400. The fourth-order valence-corrected chi connectivity index (χ4v) is 9.78. The molecule has 2 N–H and O–H groups in total. The van der Waals surface area contributed by atoms with Gasteiger partial charge in [0.25, 0.3) is 0 Å². The first-order valence-electron chi connectivity index (χ1n) is 14.3. The number of carboxylic acids is 1. The molecule has 208 valence electrons. The first-order chi connectivity index (χ1) is 17.2. The van der Waals surface area contributed by atoms with Gasteiger partial charge in [0, 0.05) is 6.92 Å². The van der Waals surface area contributed by atoms with E-state index >= 15 is 0 Å². The molecule has 38 heavy (non-hydrogen) atoms. The van der Waals surface area contributed by atoms with Crippen molar-refractivity contribution in [2.45, 2.75) is 118 Å². The fourth-order valence-electron chi connectivity index (χ4n) is 9.78. The van der Waals surface area contributed by atoms with E-state index in [0.29, 0.717) is 37.2 Å². The van der Waals surface area contributed by atoms with Gasteiger partial charge in [0.2, 0.25) is 0 Å². The van der Waals surface area contributed by atoms with Crippen molar-refractivity contribution in [2.75, 3.05) is 0 Å². The predicted molar refractivity (Wildman–Crippen MR) is 140 cm³/mol. The number of carboxylic acid groups (broad SMARTS) is 1. The molecular weight excluding hydrogens is 491 g/mol. The second-order valence-electron chi connectivity index (χ2n) is 13.6. The van der Waals surface area contributed by atoms with Gasteiger partial charge in [0.15, 0.2) is 0 Å². The summed E-state index contributed by atoms with van der Waals surface area (Å²) in [7, 11) is 0. The Morgan fingerprint density at radius 3 is 2.29 bits per heavy atom. The largest absolute Gasteiger partial charge is 1.00 e. The van der Waals surface area contributed by atoms with Crippen LogP contribution in [0.2, 0.25) is 0 Å². The number of rotatable bonds is 5. The quantitative estimate of drug-likeness (QED) is 0.237. The van der Waals surface area contributed by atoms with Crippen molar-refractivity contribution >= 4 is 11.9 Å². The molecule has 0 aliphatic heterocycles. The fraction of sp³-hybridized carbons (Fsp3) is 0.806. The third kappa shape index (κ3) is 5.00. The van der Waals surface area contributed by atoms with Crippen LogP contribution >= 0.6 is 0 Å². The number of aliphatic hydroxyl groups is 2. The molecule has 4 aliphatic carbocycles. The van der Waals surface area contributed by atoms with E-state index in [-0.39, 0.29) is 75.2 Å². The number of allylic oxidation sites excluding steroid dienone is 2. The maximum Gasteiger partial charge on any atom is 1.00 e. The minimum absolute atomic E-state index is 0. The molecule has 0 aromatic rings. The standard InChI is InChI=1S/C31H48O6.Na/c1-17(2)9-8-10-20(28(35)36)26-22-15-24(34)27-29(5)13-12-23(33)18(3)21(29)11-14-30(27,6)31(22,7)16-25(26)37-19(4)32;/h9,18,21-25,27,33-34H,8,10-16H2,1-7H3,(H,35,36);/q;+1/p-1/b26-20+;/t18-,21?,22?,23?,24?,25?,27?,29?,30?,31?;/m0./s1. The summed E-state index contributed by atoms with van der Waals surface area (Å²) >= 11 is 0. The van der Waals surface area contributed by atoms with Gasteiger partial charge in [-0.25, -0.2) is 0 Å². The van der Waals surface area contributed by atoms with Crippen LogP contribution in [0.15, 0.2) is 22.8 Å². The Bertz CT molecular complexity index is 1000. The maximum absolute atomic E-state index is 12.5. The SMILES string of the molecule is CC(=O)OC1CC2(C)C(CC(O)C3C4(C)CCC(O)[C@@H](C)C4CCC32C)/C1=C(/CCC=C(C)C)C(=O)[O-].[Na+]. The van der Waals surface area contributed by atoms with Crippen molar-refractivity contribution in [1.82, 2.24) is 0 Å². The monoisotopic (exact) mass is 538 g/mol. The van der Waals surface area contributed by atoms with Crippen LogP contribution in [-0.2, 0) is 14.3 Å². The van der Waals surface area contributed by atoms with Crippen molar-refractivity contribution in [2.24, 2.45) is 39.9 Å². The first kappa shape index (κ1) is 31.9. The van der Waals surface area contributed by atoms with Crippen LogP contribution in [-0.4, -0.2) is 40.5 Å². The summed E-state index contributed by atoms with van der Waals surface area (Å²) < 4.78 is 5.84. The smallest absolute Gasteiger partial charge is 0.545 e. The molecule has 6 nitrogen and oxygen atoms in total. The summed E-state index contributed by atoms with van der Waals surface area (Å²) in [6.07, 6.45) is 5.92. The topological polar surface area (TPSA) is 107 Å². The number of aliphatic hydroxyl groups excluding tert-OH is 2. The van der Waals surface area contributed by atoms with Crippen LogP contribution in [0.4, 0.5) is 0 Å². The number of fused-ring (bicyclic) bond motifs is 5. The molecule has 4 saturated carbocycles. The Morgan fingerprint density at radius 2 is 1.71 bits per heavy atom. The van der Waals surface area contributed by atoms with Crippen molar-refractivity contribution in [3.8, 4) is 0 Å². The van der Waals surface area contributed by atoms with Gasteiger partial charge in [-0.1, -0.05) is 39.3 Å². The minimum atomic E-state index is -1.20. The molecule has 4 rings (SSSR count). The van der Waals surface area contributed by atoms with Gasteiger partial charge in [-0.05, 0) is 116 Å². The molecule has 4 aliphatic rings. The molecule has 0 spiro atoms. The Kier molecular flexibility index (Phi) is 9.49. The number of hydrogen-bond donors (Lipinski definition) is 2. The number of carbonyl (C=O) groups excluding carboxylic acids is 2. The van der Waals surface area contributed by atoms with E-state index in [1.165, 1.54) is 6.92 Å². The molecule has 0 radical (unpaired) electrons. The molecular formula is C31H47NaO6. The summed E-state index contributed by atoms with van der Waals surface area (Å²) in [5.41, 5.74) is 1.31. The van der Waals surface area contributed by atoms with Crippen LogP contribution in [0.3, 0.4) is 0 Å². The van der Waals surface area contributed by atoms with Crippen molar-refractivity contribution in [3.05, 3.63) is 22.8 Å². The minimum Gasteiger partial charge on any atom is -0.545 e. The molecule has 7 heteroatoms. The van der Waals surface area contributed by atoms with Crippen LogP contribution in [0.1, 0.15) is 99.8 Å². The van der Waals surface area contributed by atoms with Crippen LogP contribution < -0.4 is 34.7 Å². The maximum atomic E-state index is 12.5. The predicted octanol–water partition coefficient (Wildman–Crippen LogP) is 1.34. The third-order valence-corrected chi connectivity index (χ3v) is 11.6. The molecule has 9 unspecified atom stereocenters. The van der Waals surface area contributed by atoms with Crippen molar-refractivity contribution < 1.29 is 59.2 Å². The van der Waals surface area contributed by atoms with E-state index in [2.05, 4.69) is 27.7 Å². The zero-order chi connectivity index (χ0) is 27.5. The molecule has 4 fully saturated rings. The molecule has 0 amide bonds. The molecule has 0 saturated heterocycles. The zero-order valence-corrected chi connectivity index (χ0v) is 26.8. The molecule has 0 aromatic heterocycles. The van der Waals surface area contributed by atoms with E-state index in [1.807, 2.05) is 19.9 Å². The second-order valence-corrected chi connectivity index (χ2v) is 13.6. The Hall–Kier alpha value is -0.660. The van der Waals surface area contributed by atoms with Crippen molar-refractivity contribution in [1.29, 1.82) is 0 Å². The van der Waals surface area contributed by atoms with E-state index in [4.69, 9.17) is 4.74 Å². The van der Waals surface area contributed by atoms with E-state index in [0.717, 1.165) is 31.3 Å². The van der Waals surface area contributed by atoms with Gasteiger partial charge in [0.1, 0.15) is 6.10 Å². The first-order valence-corrected chi connectivity index (χ1v) is 14.3. The summed E-state index contributed by atoms with van der Waals surface area (Å²) in [6, 6.07) is 0. The number of esters is 1. The average Bonchev–Trinajstić information content (AvgIpc) is 3.05. The number of aliphatic carboxylic acids is 1. The van der Waals surface area contributed by atoms with Crippen LogP contribution in [0, 0.1) is 39.9 Å². The summed E-state index contributed by atoms with van der Waals surface area (Å²) in [5.74, 6) is -1.25. The van der Waals surface area contributed by atoms with E-state index in [9.17, 15) is 24.9 Å². The van der Waals surface area contributed by atoms with E-state index in [1.54, 1.807) is 0 Å². The van der Waals surface area contributed by atoms with Gasteiger partial charge >= 0.3 is 35.5 Å². The third-order valence-electron chi connectivity index (χ3n) is 11.6. The van der Waals surface area contributed by atoms with Crippen molar-refractivity contribution in [3.63, 3.8) is 0 Å². The molecule has 0 bridgehead atoms. The number of hydrogen-bond acceptors (Lipinski definition) is 6. The summed E-state index contributed by atoms with van der Waals surface area (Å²) in [6.45, 7) is 14.4. The number of ether oxygens (including phenoxy) is 1. The summed E-state index contributed by atoms with van der Waals surface area (Å²) in [4.78, 5) is 24.7. The van der Waals surface area contributed by atoms with Gasteiger partial charge in [-0.2, -0.15) is 0 Å². The molecule has 0 heterocycles. The second kappa shape index (κ2) is 11.3. The van der Waals surface area contributed by atoms with Crippen LogP contribution in [0.5, 0.6) is 0 Å². The summed E-state index contributed by atoms with van der Waals surface area (Å²) in [5, 5.41) is 35.0.